The van der Waals surface area contributed by atoms with Crippen LogP contribution in [0, 0.1) is 11.8 Å². The molecule has 0 bridgehead atoms. The molecule has 0 unspecified atom stereocenters. The average molecular weight is 383 g/mol. The quantitative estimate of drug-likeness (QED) is 0.762. The number of amides is 1. The molecular weight excluding hydrogens is 354 g/mol. The standard InChI is InChI=1S/C23H29NO4/c1-15-8-10-16(11-9-15)14-28-20-18-7-5-4-6-17(18)12-13-19(20)21(25)24-23(2,3)22(26)27/h4-7,12-13,15-16H,8-11,14H2,1-3H3,(H,24,25)(H,26,27)/t15-,16+. The van der Waals surface area contributed by atoms with Crippen LogP contribution in [0.25, 0.3) is 10.8 Å². The van der Waals surface area contributed by atoms with Crippen molar-refractivity contribution in [2.24, 2.45) is 11.8 Å². The van der Waals surface area contributed by atoms with E-state index >= 15 is 0 Å². The third-order valence-electron chi connectivity index (χ3n) is 5.68. The molecule has 0 aliphatic heterocycles. The van der Waals surface area contributed by atoms with Crippen molar-refractivity contribution in [2.45, 2.75) is 52.0 Å². The van der Waals surface area contributed by atoms with Crippen LogP contribution in [0.4, 0.5) is 0 Å². The molecule has 1 saturated carbocycles. The van der Waals surface area contributed by atoms with Crippen molar-refractivity contribution in [1.29, 1.82) is 0 Å². The van der Waals surface area contributed by atoms with Crippen molar-refractivity contribution in [1.82, 2.24) is 5.32 Å². The molecule has 0 aromatic heterocycles. The average Bonchev–Trinajstić information content (AvgIpc) is 2.66. The maximum atomic E-state index is 12.9. The first kappa shape index (κ1) is 20.2. The fraction of sp³-hybridized carbons (Fsp3) is 0.478. The number of carboxylic acid groups (broad SMARTS) is 1. The Hall–Kier alpha value is -2.56. The van der Waals surface area contributed by atoms with Crippen molar-refractivity contribution in [3.8, 4) is 5.75 Å². The number of hydrogen-bond donors (Lipinski definition) is 2. The summed E-state index contributed by atoms with van der Waals surface area (Å²) < 4.78 is 6.21. The van der Waals surface area contributed by atoms with E-state index in [4.69, 9.17) is 4.74 Å². The molecule has 28 heavy (non-hydrogen) atoms. The second kappa shape index (κ2) is 8.21. The van der Waals surface area contributed by atoms with Gasteiger partial charge in [0.25, 0.3) is 5.91 Å². The predicted molar refractivity (Wildman–Crippen MR) is 110 cm³/mol. The lowest BCUT2D eigenvalue weighted by Gasteiger charge is -2.27. The molecule has 2 N–H and O–H groups in total. The van der Waals surface area contributed by atoms with E-state index in [1.54, 1.807) is 6.07 Å². The van der Waals surface area contributed by atoms with Gasteiger partial charge in [0, 0.05) is 5.39 Å². The van der Waals surface area contributed by atoms with Crippen LogP contribution in [0.3, 0.4) is 0 Å². The highest BCUT2D eigenvalue weighted by atomic mass is 16.5. The minimum atomic E-state index is -1.36. The van der Waals surface area contributed by atoms with Gasteiger partial charge in [-0.25, -0.2) is 4.79 Å². The van der Waals surface area contributed by atoms with Gasteiger partial charge in [-0.3, -0.25) is 4.79 Å². The molecule has 1 aliphatic rings. The molecule has 0 radical (unpaired) electrons. The van der Waals surface area contributed by atoms with E-state index in [1.165, 1.54) is 26.7 Å². The molecule has 0 spiro atoms. The Kier molecular flexibility index (Phi) is 5.92. The Morgan fingerprint density at radius 3 is 2.46 bits per heavy atom. The Morgan fingerprint density at radius 1 is 1.11 bits per heavy atom. The van der Waals surface area contributed by atoms with Crippen LogP contribution >= 0.6 is 0 Å². The first-order valence-corrected chi connectivity index (χ1v) is 9.98. The molecule has 2 aromatic rings. The largest absolute Gasteiger partial charge is 0.492 e. The second-order valence-corrected chi connectivity index (χ2v) is 8.48. The monoisotopic (exact) mass is 383 g/mol. The number of hydrogen-bond acceptors (Lipinski definition) is 3. The Labute approximate surface area is 166 Å². The van der Waals surface area contributed by atoms with Crippen LogP contribution in [0.2, 0.25) is 0 Å². The Morgan fingerprint density at radius 2 is 1.79 bits per heavy atom. The lowest BCUT2D eigenvalue weighted by molar-refractivity contribution is -0.143. The molecule has 1 amide bonds. The zero-order valence-electron chi connectivity index (χ0n) is 16.8. The minimum absolute atomic E-state index is 0.372. The van der Waals surface area contributed by atoms with E-state index in [-0.39, 0.29) is 0 Å². The minimum Gasteiger partial charge on any atom is -0.492 e. The summed E-state index contributed by atoms with van der Waals surface area (Å²) in [5, 5.41) is 13.8. The maximum Gasteiger partial charge on any atom is 0.328 e. The molecule has 1 aliphatic carbocycles. The molecule has 150 valence electrons. The Balaban J connectivity index is 1.88. The number of carbonyl (C=O) groups excluding carboxylic acids is 1. The van der Waals surface area contributed by atoms with Gasteiger partial charge < -0.3 is 15.2 Å². The first-order chi connectivity index (χ1) is 13.3. The number of nitrogens with one attached hydrogen (secondary N) is 1. The SMILES string of the molecule is CC(C)(NC(=O)c1ccc2ccccc2c1OC[C@H]1CC[C@@H](C)CC1)C(=O)O. The molecular formula is C23H29NO4. The van der Waals surface area contributed by atoms with Crippen molar-refractivity contribution in [3.63, 3.8) is 0 Å². The zero-order chi connectivity index (χ0) is 20.3. The fourth-order valence-electron chi connectivity index (χ4n) is 3.68. The van der Waals surface area contributed by atoms with Crippen molar-refractivity contribution in [3.05, 3.63) is 42.0 Å². The summed E-state index contributed by atoms with van der Waals surface area (Å²) in [6.45, 7) is 5.80. The lowest BCUT2D eigenvalue weighted by atomic mass is 9.83. The highest BCUT2D eigenvalue weighted by Gasteiger charge is 2.31. The number of carboxylic acids is 1. The van der Waals surface area contributed by atoms with Gasteiger partial charge in [0.1, 0.15) is 11.3 Å². The van der Waals surface area contributed by atoms with Gasteiger partial charge in [0.05, 0.1) is 12.2 Å². The fourth-order valence-corrected chi connectivity index (χ4v) is 3.68. The third-order valence-corrected chi connectivity index (χ3v) is 5.68. The summed E-state index contributed by atoms with van der Waals surface area (Å²) in [4.78, 5) is 24.3. The third kappa shape index (κ3) is 4.46. The van der Waals surface area contributed by atoms with Crippen molar-refractivity contribution < 1.29 is 19.4 Å². The number of rotatable bonds is 6. The van der Waals surface area contributed by atoms with E-state index in [1.807, 2.05) is 30.3 Å². The summed E-state index contributed by atoms with van der Waals surface area (Å²) in [6, 6.07) is 11.4. The van der Waals surface area contributed by atoms with Crippen molar-refractivity contribution >= 4 is 22.6 Å². The number of aliphatic carboxylic acids is 1. The second-order valence-electron chi connectivity index (χ2n) is 8.48. The van der Waals surface area contributed by atoms with E-state index in [0.29, 0.717) is 23.8 Å². The molecule has 0 atom stereocenters. The molecule has 5 nitrogen and oxygen atoms in total. The summed E-state index contributed by atoms with van der Waals surface area (Å²) in [5.41, 5.74) is -0.989. The predicted octanol–water partition coefficient (Wildman–Crippen LogP) is 4.64. The van der Waals surface area contributed by atoms with Crippen LogP contribution in [-0.4, -0.2) is 29.1 Å². The van der Waals surface area contributed by atoms with Crippen LogP contribution in [0.15, 0.2) is 36.4 Å². The van der Waals surface area contributed by atoms with E-state index < -0.39 is 17.4 Å². The molecule has 1 fully saturated rings. The number of fused-ring (bicyclic) bond motifs is 1. The van der Waals surface area contributed by atoms with Crippen LogP contribution in [0.1, 0.15) is 56.8 Å². The Bertz CT molecular complexity index is 866. The van der Waals surface area contributed by atoms with Crippen molar-refractivity contribution in [2.75, 3.05) is 6.61 Å². The van der Waals surface area contributed by atoms with Gasteiger partial charge in [0.15, 0.2) is 0 Å². The smallest absolute Gasteiger partial charge is 0.328 e. The van der Waals surface area contributed by atoms with Gasteiger partial charge in [-0.15, -0.1) is 0 Å². The number of benzene rings is 2. The van der Waals surface area contributed by atoms with Crippen LogP contribution in [0.5, 0.6) is 5.75 Å². The highest BCUT2D eigenvalue weighted by Crippen LogP contribution is 2.33. The lowest BCUT2D eigenvalue weighted by Crippen LogP contribution is -2.49. The summed E-state index contributed by atoms with van der Waals surface area (Å²) >= 11 is 0. The van der Waals surface area contributed by atoms with E-state index in [0.717, 1.165) is 29.5 Å². The molecule has 5 heteroatoms. The molecule has 0 saturated heterocycles. The zero-order valence-corrected chi connectivity index (χ0v) is 16.8. The highest BCUT2D eigenvalue weighted by molar-refractivity contribution is 6.05. The molecule has 2 aromatic carbocycles. The van der Waals surface area contributed by atoms with E-state index in [2.05, 4.69) is 12.2 Å². The number of carbonyl (C=O) groups is 2. The summed E-state index contributed by atoms with van der Waals surface area (Å²) in [6.07, 6.45) is 4.70. The normalized spacial score (nSPS) is 20.0. The van der Waals surface area contributed by atoms with Gasteiger partial charge in [-0.1, -0.05) is 50.1 Å². The van der Waals surface area contributed by atoms with Gasteiger partial charge >= 0.3 is 5.97 Å². The summed E-state index contributed by atoms with van der Waals surface area (Å²) in [5.74, 6) is 0.274. The van der Waals surface area contributed by atoms with E-state index in [9.17, 15) is 14.7 Å². The van der Waals surface area contributed by atoms with Gasteiger partial charge in [-0.2, -0.15) is 0 Å². The van der Waals surface area contributed by atoms with Gasteiger partial charge in [0.2, 0.25) is 0 Å². The summed E-state index contributed by atoms with van der Waals surface area (Å²) in [7, 11) is 0. The van der Waals surface area contributed by atoms with Crippen LogP contribution in [-0.2, 0) is 4.79 Å². The first-order valence-electron chi connectivity index (χ1n) is 9.98. The molecule has 0 heterocycles. The number of ether oxygens (including phenoxy) is 1. The van der Waals surface area contributed by atoms with Crippen LogP contribution < -0.4 is 10.1 Å². The maximum absolute atomic E-state index is 12.9. The molecule has 3 rings (SSSR count). The topological polar surface area (TPSA) is 75.6 Å². The van der Waals surface area contributed by atoms with Gasteiger partial charge in [-0.05, 0) is 50.0 Å².